The van der Waals surface area contributed by atoms with Crippen molar-refractivity contribution in [3.63, 3.8) is 0 Å². The first-order valence-corrected chi connectivity index (χ1v) is 11.5. The third-order valence-corrected chi connectivity index (χ3v) is 6.26. The summed E-state index contributed by atoms with van der Waals surface area (Å²) in [4.78, 5) is 24.8. The standard InChI is InChI=1S/C23H21ClN2O5S/c1-31-22(27)15-21(16-10-12-18(24)13-11-16)25-23(28)17-6-5-7-19(14-17)26-32(29,30)20-8-3-2-4-9-20/h2-14,21,26H,15H2,1H3,(H,25,28). The maximum absolute atomic E-state index is 12.9. The number of sulfonamides is 1. The fourth-order valence-electron chi connectivity index (χ4n) is 2.98. The zero-order valence-electron chi connectivity index (χ0n) is 17.1. The summed E-state index contributed by atoms with van der Waals surface area (Å²) in [6, 6.07) is 20.1. The number of anilines is 1. The molecular formula is C23H21ClN2O5S. The Morgan fingerprint density at radius 2 is 1.66 bits per heavy atom. The van der Waals surface area contributed by atoms with E-state index < -0.39 is 27.9 Å². The van der Waals surface area contributed by atoms with Gasteiger partial charge in [0, 0.05) is 16.3 Å². The van der Waals surface area contributed by atoms with Crippen molar-refractivity contribution in [1.82, 2.24) is 5.32 Å². The van der Waals surface area contributed by atoms with Crippen LogP contribution in [0.2, 0.25) is 5.02 Å². The van der Waals surface area contributed by atoms with E-state index in [2.05, 4.69) is 10.0 Å². The number of halogens is 1. The highest BCUT2D eigenvalue weighted by Crippen LogP contribution is 2.22. The lowest BCUT2D eigenvalue weighted by atomic mass is 10.0. The topological polar surface area (TPSA) is 102 Å². The largest absolute Gasteiger partial charge is 0.469 e. The first-order chi connectivity index (χ1) is 15.3. The van der Waals surface area contributed by atoms with E-state index in [1.54, 1.807) is 60.7 Å². The van der Waals surface area contributed by atoms with E-state index in [1.165, 1.54) is 25.3 Å². The molecular weight excluding hydrogens is 452 g/mol. The molecule has 0 saturated carbocycles. The van der Waals surface area contributed by atoms with Crippen molar-refractivity contribution in [2.45, 2.75) is 17.4 Å². The highest BCUT2D eigenvalue weighted by molar-refractivity contribution is 7.92. The van der Waals surface area contributed by atoms with Crippen LogP contribution in [0.3, 0.4) is 0 Å². The van der Waals surface area contributed by atoms with Gasteiger partial charge in [-0.2, -0.15) is 0 Å². The Balaban J connectivity index is 1.80. The molecule has 0 bridgehead atoms. The van der Waals surface area contributed by atoms with Gasteiger partial charge >= 0.3 is 5.97 Å². The highest BCUT2D eigenvalue weighted by atomic mass is 35.5. The molecule has 32 heavy (non-hydrogen) atoms. The molecule has 0 aliphatic heterocycles. The molecule has 1 unspecified atom stereocenters. The highest BCUT2D eigenvalue weighted by Gasteiger charge is 2.21. The summed E-state index contributed by atoms with van der Waals surface area (Å²) < 4.78 is 32.3. The Labute approximate surface area is 191 Å². The third-order valence-electron chi connectivity index (χ3n) is 4.61. The lowest BCUT2D eigenvalue weighted by Gasteiger charge is -2.19. The van der Waals surface area contributed by atoms with Crippen LogP contribution in [0.5, 0.6) is 0 Å². The summed E-state index contributed by atoms with van der Waals surface area (Å²) in [6.45, 7) is 0. The van der Waals surface area contributed by atoms with Gasteiger partial charge in [0.25, 0.3) is 15.9 Å². The zero-order valence-corrected chi connectivity index (χ0v) is 18.7. The van der Waals surface area contributed by atoms with Gasteiger partial charge < -0.3 is 10.1 Å². The number of benzene rings is 3. The summed E-state index contributed by atoms with van der Waals surface area (Å²) in [5.41, 5.74) is 1.13. The Morgan fingerprint density at radius 1 is 0.969 bits per heavy atom. The van der Waals surface area contributed by atoms with E-state index in [1.807, 2.05) is 0 Å². The molecule has 0 spiro atoms. The smallest absolute Gasteiger partial charge is 0.307 e. The molecule has 0 aliphatic rings. The fraction of sp³-hybridized carbons (Fsp3) is 0.130. The zero-order chi connectivity index (χ0) is 23.1. The van der Waals surface area contributed by atoms with Crippen molar-refractivity contribution < 1.29 is 22.7 Å². The van der Waals surface area contributed by atoms with Crippen LogP contribution >= 0.6 is 11.6 Å². The van der Waals surface area contributed by atoms with Crippen LogP contribution in [0.25, 0.3) is 0 Å². The van der Waals surface area contributed by atoms with Crippen LogP contribution in [0, 0.1) is 0 Å². The second kappa shape index (κ2) is 10.3. The van der Waals surface area contributed by atoms with Gasteiger partial charge in [-0.1, -0.05) is 48.0 Å². The number of hydrogen-bond donors (Lipinski definition) is 2. The van der Waals surface area contributed by atoms with E-state index >= 15 is 0 Å². The molecule has 3 aromatic rings. The number of esters is 1. The predicted octanol–water partition coefficient (Wildman–Crippen LogP) is 4.18. The van der Waals surface area contributed by atoms with E-state index in [0.29, 0.717) is 10.6 Å². The van der Waals surface area contributed by atoms with Crippen LogP contribution in [-0.2, 0) is 19.6 Å². The number of methoxy groups -OCH3 is 1. The van der Waals surface area contributed by atoms with Crippen LogP contribution in [0.1, 0.15) is 28.4 Å². The second-order valence-electron chi connectivity index (χ2n) is 6.86. The van der Waals surface area contributed by atoms with Crippen LogP contribution in [-0.4, -0.2) is 27.4 Å². The normalized spacial score (nSPS) is 11.9. The number of carbonyl (C=O) groups is 2. The molecule has 0 radical (unpaired) electrons. The molecule has 3 aromatic carbocycles. The summed E-state index contributed by atoms with van der Waals surface area (Å²) >= 11 is 5.93. The Bertz CT molecular complexity index is 1200. The number of amides is 1. The predicted molar refractivity (Wildman–Crippen MR) is 122 cm³/mol. The van der Waals surface area contributed by atoms with Gasteiger partial charge in [-0.15, -0.1) is 0 Å². The Kier molecular flexibility index (Phi) is 7.50. The molecule has 7 nitrogen and oxygen atoms in total. The van der Waals surface area contributed by atoms with Crippen molar-refractivity contribution in [2.75, 3.05) is 11.8 Å². The van der Waals surface area contributed by atoms with Crippen molar-refractivity contribution >= 4 is 39.2 Å². The van der Waals surface area contributed by atoms with Gasteiger partial charge in [-0.3, -0.25) is 14.3 Å². The summed E-state index contributed by atoms with van der Waals surface area (Å²) in [5, 5.41) is 3.32. The Hall–Kier alpha value is -3.36. The number of ether oxygens (including phenoxy) is 1. The summed E-state index contributed by atoms with van der Waals surface area (Å²) in [6.07, 6.45) is -0.0792. The maximum atomic E-state index is 12.9. The third kappa shape index (κ3) is 6.09. The average molecular weight is 473 g/mol. The monoisotopic (exact) mass is 472 g/mol. The SMILES string of the molecule is COC(=O)CC(NC(=O)c1cccc(NS(=O)(=O)c2ccccc2)c1)c1ccc(Cl)cc1. The average Bonchev–Trinajstić information content (AvgIpc) is 2.79. The van der Waals surface area contributed by atoms with Crippen LogP contribution in [0.4, 0.5) is 5.69 Å². The minimum Gasteiger partial charge on any atom is -0.469 e. The van der Waals surface area contributed by atoms with E-state index in [9.17, 15) is 18.0 Å². The van der Waals surface area contributed by atoms with Gasteiger partial charge in [0.15, 0.2) is 0 Å². The van der Waals surface area contributed by atoms with Gasteiger partial charge in [0.05, 0.1) is 24.5 Å². The molecule has 3 rings (SSSR count). The van der Waals surface area contributed by atoms with Gasteiger partial charge in [-0.25, -0.2) is 8.42 Å². The number of carbonyl (C=O) groups excluding carboxylic acids is 2. The number of nitrogens with one attached hydrogen (secondary N) is 2. The van der Waals surface area contributed by atoms with E-state index in [-0.39, 0.29) is 22.6 Å². The minimum absolute atomic E-state index is 0.0792. The summed E-state index contributed by atoms with van der Waals surface area (Å²) in [7, 11) is -2.53. The number of rotatable bonds is 8. The van der Waals surface area contributed by atoms with E-state index in [4.69, 9.17) is 16.3 Å². The van der Waals surface area contributed by atoms with Crippen LogP contribution < -0.4 is 10.0 Å². The summed E-state index contributed by atoms with van der Waals surface area (Å²) in [5.74, 6) is -0.968. The quantitative estimate of drug-likeness (QED) is 0.479. The molecule has 0 aromatic heterocycles. The minimum atomic E-state index is -3.80. The van der Waals surface area contributed by atoms with Gasteiger partial charge in [-0.05, 0) is 48.0 Å². The van der Waals surface area contributed by atoms with Gasteiger partial charge in [0.1, 0.15) is 0 Å². The molecule has 0 heterocycles. The number of hydrogen-bond acceptors (Lipinski definition) is 5. The molecule has 9 heteroatoms. The molecule has 0 saturated heterocycles. The molecule has 1 atom stereocenters. The molecule has 2 N–H and O–H groups in total. The Morgan fingerprint density at radius 3 is 2.31 bits per heavy atom. The van der Waals surface area contributed by atoms with E-state index in [0.717, 1.165) is 0 Å². The lowest BCUT2D eigenvalue weighted by molar-refractivity contribution is -0.141. The molecule has 0 fully saturated rings. The molecule has 166 valence electrons. The van der Waals surface area contributed by atoms with Crippen molar-refractivity contribution in [2.24, 2.45) is 0 Å². The van der Waals surface area contributed by atoms with Crippen LogP contribution in [0.15, 0.2) is 83.8 Å². The first-order valence-electron chi connectivity index (χ1n) is 9.59. The first kappa shape index (κ1) is 23.3. The second-order valence-corrected chi connectivity index (χ2v) is 8.98. The maximum Gasteiger partial charge on any atom is 0.307 e. The van der Waals surface area contributed by atoms with Crippen molar-refractivity contribution in [1.29, 1.82) is 0 Å². The molecule has 0 aliphatic carbocycles. The van der Waals surface area contributed by atoms with Gasteiger partial charge in [0.2, 0.25) is 0 Å². The fourth-order valence-corrected chi connectivity index (χ4v) is 4.17. The molecule has 1 amide bonds. The van der Waals surface area contributed by atoms with Crippen molar-refractivity contribution in [3.8, 4) is 0 Å². The van der Waals surface area contributed by atoms with Crippen molar-refractivity contribution in [3.05, 3.63) is 95.0 Å². The lowest BCUT2D eigenvalue weighted by Crippen LogP contribution is -2.30.